The standard InChI is InChI=1S/C62H108O6/c1-4-7-10-13-16-19-22-25-28-29-30-31-32-33-35-37-40-43-46-49-52-55-61(64)67-58-59(57-66-60(63)54-51-48-45-42-39-36-27-24-21-18-15-12-9-6-3)68-62(65)56-53-50-47-44-41-38-34-26-23-20-17-14-11-8-5-2/h7,10,16-17,19-20,25-26,28,30-31,34,59H,4-6,8-9,11-15,18,21-24,27,29,32-33,35-58H2,1-3H3/b10-7-,19-16-,20-17-,28-25-,31-30-,34-26-. The Balaban J connectivity index is 4.37. The van der Waals surface area contributed by atoms with E-state index in [0.717, 1.165) is 116 Å². The van der Waals surface area contributed by atoms with Gasteiger partial charge in [-0.2, -0.15) is 0 Å². The highest BCUT2D eigenvalue weighted by molar-refractivity contribution is 5.71. The zero-order valence-corrected chi connectivity index (χ0v) is 44.9. The lowest BCUT2D eigenvalue weighted by atomic mass is 10.0. The van der Waals surface area contributed by atoms with Crippen molar-refractivity contribution in [3.8, 4) is 0 Å². The molecule has 0 aromatic carbocycles. The summed E-state index contributed by atoms with van der Waals surface area (Å²) in [5.74, 6) is -0.894. The van der Waals surface area contributed by atoms with Gasteiger partial charge in [-0.05, 0) is 89.9 Å². The van der Waals surface area contributed by atoms with E-state index < -0.39 is 6.10 Å². The summed E-state index contributed by atoms with van der Waals surface area (Å²) >= 11 is 0. The van der Waals surface area contributed by atoms with Crippen LogP contribution >= 0.6 is 0 Å². The van der Waals surface area contributed by atoms with Crippen LogP contribution in [0.5, 0.6) is 0 Å². The van der Waals surface area contributed by atoms with Crippen LogP contribution in [0.3, 0.4) is 0 Å². The van der Waals surface area contributed by atoms with E-state index in [9.17, 15) is 14.4 Å². The van der Waals surface area contributed by atoms with Gasteiger partial charge >= 0.3 is 17.9 Å². The Morgan fingerprint density at radius 3 is 0.926 bits per heavy atom. The number of hydrogen-bond donors (Lipinski definition) is 0. The molecule has 0 aliphatic heterocycles. The fourth-order valence-corrected chi connectivity index (χ4v) is 8.11. The van der Waals surface area contributed by atoms with Crippen LogP contribution < -0.4 is 0 Å². The van der Waals surface area contributed by atoms with Crippen LogP contribution in [-0.4, -0.2) is 37.2 Å². The average molecular weight is 950 g/mol. The number of rotatable bonds is 52. The number of allylic oxidation sites excluding steroid dienone is 12. The first-order valence-electron chi connectivity index (χ1n) is 28.9. The molecule has 0 saturated heterocycles. The van der Waals surface area contributed by atoms with Gasteiger partial charge in [-0.1, -0.05) is 248 Å². The monoisotopic (exact) mass is 949 g/mol. The van der Waals surface area contributed by atoms with Gasteiger partial charge in [0.15, 0.2) is 6.10 Å². The molecule has 0 radical (unpaired) electrons. The lowest BCUT2D eigenvalue weighted by molar-refractivity contribution is -0.167. The first kappa shape index (κ1) is 64.8. The SMILES string of the molecule is CC/C=C\C/C=C\C/C=C\C/C=C\CCCCCCCCCCC(=O)OCC(COC(=O)CCCCCCCCCCCCCCCC)OC(=O)CCCCCCC/C=C\C/C=C\CCCCC. The van der Waals surface area contributed by atoms with Crippen molar-refractivity contribution in [2.45, 2.75) is 290 Å². The third-order valence-corrected chi connectivity index (χ3v) is 12.4. The number of esters is 3. The summed E-state index contributed by atoms with van der Waals surface area (Å²) < 4.78 is 16.9. The summed E-state index contributed by atoms with van der Waals surface area (Å²) in [6.45, 7) is 6.50. The first-order valence-corrected chi connectivity index (χ1v) is 28.9. The van der Waals surface area contributed by atoms with E-state index in [-0.39, 0.29) is 31.1 Å². The number of ether oxygens (including phenoxy) is 3. The van der Waals surface area contributed by atoms with Gasteiger partial charge in [0.1, 0.15) is 13.2 Å². The summed E-state index contributed by atoms with van der Waals surface area (Å²) in [6.07, 6.45) is 71.7. The zero-order valence-electron chi connectivity index (χ0n) is 44.9. The van der Waals surface area contributed by atoms with Crippen LogP contribution in [0.25, 0.3) is 0 Å². The first-order chi connectivity index (χ1) is 33.5. The van der Waals surface area contributed by atoms with E-state index in [0.29, 0.717) is 19.3 Å². The van der Waals surface area contributed by atoms with Crippen LogP contribution in [0.4, 0.5) is 0 Å². The van der Waals surface area contributed by atoms with Gasteiger partial charge in [0, 0.05) is 19.3 Å². The summed E-state index contributed by atoms with van der Waals surface area (Å²) in [5, 5.41) is 0. The predicted octanol–water partition coefficient (Wildman–Crippen LogP) is 19.4. The Morgan fingerprint density at radius 1 is 0.309 bits per heavy atom. The summed E-state index contributed by atoms with van der Waals surface area (Å²) in [5.41, 5.74) is 0. The largest absolute Gasteiger partial charge is 0.462 e. The van der Waals surface area contributed by atoms with Gasteiger partial charge in [-0.3, -0.25) is 14.4 Å². The van der Waals surface area contributed by atoms with E-state index in [2.05, 4.69) is 93.7 Å². The molecule has 0 aliphatic carbocycles. The van der Waals surface area contributed by atoms with Crippen molar-refractivity contribution in [1.82, 2.24) is 0 Å². The lowest BCUT2D eigenvalue weighted by Crippen LogP contribution is -2.30. The van der Waals surface area contributed by atoms with Gasteiger partial charge in [-0.25, -0.2) is 0 Å². The molecule has 0 amide bonds. The van der Waals surface area contributed by atoms with Crippen molar-refractivity contribution in [2.24, 2.45) is 0 Å². The van der Waals surface area contributed by atoms with E-state index in [4.69, 9.17) is 14.2 Å². The fourth-order valence-electron chi connectivity index (χ4n) is 8.11. The van der Waals surface area contributed by atoms with Crippen LogP contribution in [0.1, 0.15) is 284 Å². The Labute approximate surface area is 421 Å². The molecule has 68 heavy (non-hydrogen) atoms. The molecular weight excluding hydrogens is 841 g/mol. The maximum atomic E-state index is 12.8. The molecule has 0 spiro atoms. The highest BCUT2D eigenvalue weighted by atomic mass is 16.6. The second-order valence-corrected chi connectivity index (χ2v) is 19.2. The van der Waals surface area contributed by atoms with E-state index in [1.165, 1.54) is 128 Å². The zero-order chi connectivity index (χ0) is 49.3. The summed E-state index contributed by atoms with van der Waals surface area (Å²) in [7, 11) is 0. The predicted molar refractivity (Wildman–Crippen MR) is 293 cm³/mol. The minimum absolute atomic E-state index is 0.0813. The molecule has 0 aromatic heterocycles. The van der Waals surface area contributed by atoms with Crippen molar-refractivity contribution in [1.29, 1.82) is 0 Å². The average Bonchev–Trinajstić information content (AvgIpc) is 3.34. The quantitative estimate of drug-likeness (QED) is 0.0262. The van der Waals surface area contributed by atoms with Gasteiger partial charge in [0.05, 0.1) is 0 Å². The number of carbonyl (C=O) groups excluding carboxylic acids is 3. The molecule has 0 bridgehead atoms. The molecule has 1 atom stereocenters. The molecule has 0 fully saturated rings. The third kappa shape index (κ3) is 53.8. The second-order valence-electron chi connectivity index (χ2n) is 19.2. The fraction of sp³-hybridized carbons (Fsp3) is 0.758. The van der Waals surface area contributed by atoms with E-state index >= 15 is 0 Å². The molecule has 6 nitrogen and oxygen atoms in total. The Bertz CT molecular complexity index is 1270. The second kappa shape index (κ2) is 56.4. The smallest absolute Gasteiger partial charge is 0.306 e. The molecule has 6 heteroatoms. The summed E-state index contributed by atoms with van der Waals surface area (Å²) in [6, 6.07) is 0. The Kier molecular flexibility index (Phi) is 53.8. The Morgan fingerprint density at radius 2 is 0.574 bits per heavy atom. The normalized spacial score (nSPS) is 12.6. The van der Waals surface area contributed by atoms with E-state index in [1.807, 2.05) is 0 Å². The van der Waals surface area contributed by atoms with Gasteiger partial charge in [0.25, 0.3) is 0 Å². The van der Waals surface area contributed by atoms with Crippen LogP contribution in [0, 0.1) is 0 Å². The highest BCUT2D eigenvalue weighted by Crippen LogP contribution is 2.16. The van der Waals surface area contributed by atoms with E-state index in [1.54, 1.807) is 0 Å². The molecule has 0 N–H and O–H groups in total. The van der Waals surface area contributed by atoms with Crippen molar-refractivity contribution in [3.05, 3.63) is 72.9 Å². The minimum Gasteiger partial charge on any atom is -0.462 e. The van der Waals surface area contributed by atoms with Crippen LogP contribution in [-0.2, 0) is 28.6 Å². The third-order valence-electron chi connectivity index (χ3n) is 12.4. The van der Waals surface area contributed by atoms with Crippen molar-refractivity contribution in [2.75, 3.05) is 13.2 Å². The van der Waals surface area contributed by atoms with Crippen molar-refractivity contribution >= 4 is 17.9 Å². The summed E-state index contributed by atoms with van der Waals surface area (Å²) in [4.78, 5) is 38.2. The van der Waals surface area contributed by atoms with Crippen molar-refractivity contribution in [3.63, 3.8) is 0 Å². The Hall–Kier alpha value is -3.15. The van der Waals surface area contributed by atoms with Gasteiger partial charge < -0.3 is 14.2 Å². The molecule has 0 aliphatic rings. The molecule has 0 rings (SSSR count). The van der Waals surface area contributed by atoms with Crippen molar-refractivity contribution < 1.29 is 28.6 Å². The number of carbonyl (C=O) groups is 3. The number of unbranched alkanes of at least 4 members (excludes halogenated alkanes) is 29. The number of hydrogen-bond acceptors (Lipinski definition) is 6. The maximum Gasteiger partial charge on any atom is 0.306 e. The molecule has 0 aromatic rings. The molecule has 0 heterocycles. The van der Waals surface area contributed by atoms with Gasteiger partial charge in [-0.15, -0.1) is 0 Å². The van der Waals surface area contributed by atoms with Gasteiger partial charge in [0.2, 0.25) is 0 Å². The molecular formula is C62H108O6. The highest BCUT2D eigenvalue weighted by Gasteiger charge is 2.19. The van der Waals surface area contributed by atoms with Crippen LogP contribution in [0.15, 0.2) is 72.9 Å². The topological polar surface area (TPSA) is 78.9 Å². The maximum absolute atomic E-state index is 12.8. The lowest BCUT2D eigenvalue weighted by Gasteiger charge is -2.18. The molecule has 0 saturated carbocycles. The minimum atomic E-state index is -0.785. The molecule has 1 unspecified atom stereocenters. The molecule has 392 valence electrons. The van der Waals surface area contributed by atoms with Crippen LogP contribution in [0.2, 0.25) is 0 Å².